The maximum absolute atomic E-state index is 12.7. The predicted molar refractivity (Wildman–Crippen MR) is 84.5 cm³/mol. The predicted octanol–water partition coefficient (Wildman–Crippen LogP) is 2.07. The average Bonchev–Trinajstić information content (AvgIpc) is 3.26. The first-order valence-corrected chi connectivity index (χ1v) is 8.79. The maximum Gasteiger partial charge on any atom is 0.244 e. The Morgan fingerprint density at radius 3 is 2.67 bits per heavy atom. The molecular formula is C15H19ClN2O2S. The largest absolute Gasteiger partial charge is 0.320 e. The van der Waals surface area contributed by atoms with Gasteiger partial charge in [0, 0.05) is 18.7 Å². The van der Waals surface area contributed by atoms with Gasteiger partial charge in [-0.05, 0) is 37.0 Å². The molecule has 0 aromatic heterocycles. The summed E-state index contributed by atoms with van der Waals surface area (Å²) in [5, 5.41) is 0.202. The van der Waals surface area contributed by atoms with Gasteiger partial charge in [0.2, 0.25) is 10.0 Å². The normalized spacial score (nSPS) is 14.9. The van der Waals surface area contributed by atoms with E-state index in [0.717, 1.165) is 12.8 Å². The van der Waals surface area contributed by atoms with Crippen LogP contribution in [-0.4, -0.2) is 32.4 Å². The second-order valence-corrected chi connectivity index (χ2v) is 7.36. The highest BCUT2D eigenvalue weighted by atomic mass is 35.5. The minimum atomic E-state index is -3.55. The lowest BCUT2D eigenvalue weighted by Gasteiger charge is -2.21. The van der Waals surface area contributed by atoms with Gasteiger partial charge in [-0.3, -0.25) is 0 Å². The van der Waals surface area contributed by atoms with E-state index in [1.165, 1.54) is 10.4 Å². The van der Waals surface area contributed by atoms with Gasteiger partial charge >= 0.3 is 0 Å². The Bertz CT molecular complexity index is 673. The summed E-state index contributed by atoms with van der Waals surface area (Å²) >= 11 is 6.14. The van der Waals surface area contributed by atoms with Crippen LogP contribution < -0.4 is 5.73 Å². The number of benzene rings is 1. The van der Waals surface area contributed by atoms with Gasteiger partial charge in [0.05, 0.1) is 11.6 Å². The van der Waals surface area contributed by atoms with Crippen LogP contribution in [0.2, 0.25) is 5.02 Å². The van der Waals surface area contributed by atoms with Crippen LogP contribution in [0.4, 0.5) is 0 Å². The molecule has 0 heterocycles. The number of nitrogens with zero attached hydrogens (tertiary/aromatic N) is 1. The molecule has 1 aliphatic carbocycles. The van der Waals surface area contributed by atoms with Crippen molar-refractivity contribution in [2.75, 3.05) is 19.6 Å². The van der Waals surface area contributed by atoms with Crippen LogP contribution in [0.5, 0.6) is 0 Å². The van der Waals surface area contributed by atoms with Crippen LogP contribution in [-0.2, 0) is 10.0 Å². The van der Waals surface area contributed by atoms with E-state index in [4.69, 9.17) is 17.3 Å². The van der Waals surface area contributed by atoms with Gasteiger partial charge in [-0.2, -0.15) is 4.31 Å². The van der Waals surface area contributed by atoms with Gasteiger partial charge in [-0.25, -0.2) is 8.42 Å². The van der Waals surface area contributed by atoms with Crippen LogP contribution in [0, 0.1) is 17.8 Å². The number of sulfonamides is 1. The van der Waals surface area contributed by atoms with E-state index in [-0.39, 0.29) is 16.5 Å². The highest BCUT2D eigenvalue weighted by Crippen LogP contribution is 2.33. The molecule has 6 heteroatoms. The van der Waals surface area contributed by atoms with Gasteiger partial charge in [0.1, 0.15) is 4.90 Å². The highest BCUT2D eigenvalue weighted by Gasteiger charge is 2.31. The Kier molecular flexibility index (Phi) is 5.28. The third-order valence-electron chi connectivity index (χ3n) is 3.40. The molecule has 114 valence electrons. The summed E-state index contributed by atoms with van der Waals surface area (Å²) in [7, 11) is -3.55. The molecular weight excluding hydrogens is 308 g/mol. The molecule has 2 rings (SSSR count). The van der Waals surface area contributed by atoms with E-state index in [2.05, 4.69) is 11.8 Å². The van der Waals surface area contributed by atoms with Gasteiger partial charge in [-0.1, -0.05) is 30.4 Å². The zero-order valence-corrected chi connectivity index (χ0v) is 13.5. The Morgan fingerprint density at radius 2 is 2.14 bits per heavy atom. The molecule has 0 atom stereocenters. The molecule has 0 radical (unpaired) electrons. The van der Waals surface area contributed by atoms with Crippen LogP contribution in [0.15, 0.2) is 23.1 Å². The van der Waals surface area contributed by atoms with Crippen LogP contribution in [0.3, 0.4) is 0 Å². The van der Waals surface area contributed by atoms with Crippen molar-refractivity contribution in [1.29, 1.82) is 0 Å². The zero-order valence-electron chi connectivity index (χ0n) is 12.0. The molecule has 1 fully saturated rings. The Morgan fingerprint density at radius 1 is 1.43 bits per heavy atom. The average molecular weight is 327 g/mol. The van der Waals surface area contributed by atoms with Crippen LogP contribution in [0.25, 0.3) is 0 Å². The molecule has 0 saturated heterocycles. The number of hydrogen-bond donors (Lipinski definition) is 1. The standard InChI is InChI=1S/C15H19ClN2O2S/c1-2-18(11-13-5-6-13)21(19,20)15-8-7-12(4-3-9-17)10-14(15)16/h7-8,10,13H,2,5-6,9,11,17H2,1H3. The van der Waals surface area contributed by atoms with E-state index in [1.54, 1.807) is 12.1 Å². The third kappa shape index (κ3) is 3.98. The molecule has 0 bridgehead atoms. The summed E-state index contributed by atoms with van der Waals surface area (Å²) in [6, 6.07) is 4.75. The second-order valence-electron chi connectivity index (χ2n) is 5.05. The van der Waals surface area contributed by atoms with Gasteiger partial charge in [-0.15, -0.1) is 0 Å². The van der Waals surface area contributed by atoms with E-state index in [1.807, 2.05) is 6.92 Å². The van der Waals surface area contributed by atoms with E-state index >= 15 is 0 Å². The molecule has 1 aromatic carbocycles. The second kappa shape index (κ2) is 6.80. The zero-order chi connectivity index (χ0) is 15.5. The fraction of sp³-hybridized carbons (Fsp3) is 0.467. The lowest BCUT2D eigenvalue weighted by molar-refractivity contribution is 0.412. The first-order valence-electron chi connectivity index (χ1n) is 6.97. The molecule has 4 nitrogen and oxygen atoms in total. The van der Waals surface area contributed by atoms with Crippen molar-refractivity contribution in [2.45, 2.75) is 24.7 Å². The molecule has 0 unspecified atom stereocenters. The first kappa shape index (κ1) is 16.3. The van der Waals surface area contributed by atoms with Crippen molar-refractivity contribution in [3.8, 4) is 11.8 Å². The minimum absolute atomic E-state index is 0.143. The Labute approximate surface area is 131 Å². The topological polar surface area (TPSA) is 63.4 Å². The van der Waals surface area contributed by atoms with Gasteiger partial charge < -0.3 is 5.73 Å². The molecule has 2 N–H and O–H groups in total. The van der Waals surface area contributed by atoms with Crippen LogP contribution in [0.1, 0.15) is 25.3 Å². The van der Waals surface area contributed by atoms with Crippen molar-refractivity contribution in [2.24, 2.45) is 11.7 Å². The monoisotopic (exact) mass is 326 g/mol. The fourth-order valence-electron chi connectivity index (χ4n) is 2.07. The van der Waals surface area contributed by atoms with E-state index in [0.29, 0.717) is 24.6 Å². The maximum atomic E-state index is 12.7. The molecule has 1 aromatic rings. The smallest absolute Gasteiger partial charge is 0.244 e. The van der Waals surface area contributed by atoms with Crippen LogP contribution >= 0.6 is 11.6 Å². The summed E-state index contributed by atoms with van der Waals surface area (Å²) in [6.07, 6.45) is 2.21. The quantitative estimate of drug-likeness (QED) is 0.842. The fourth-order valence-corrected chi connectivity index (χ4v) is 4.11. The molecule has 0 aliphatic heterocycles. The Hall–Kier alpha value is -1.06. The molecule has 1 aliphatic rings. The summed E-state index contributed by atoms with van der Waals surface area (Å²) in [6.45, 7) is 3.12. The van der Waals surface area contributed by atoms with E-state index < -0.39 is 10.0 Å². The van der Waals surface area contributed by atoms with Gasteiger partial charge in [0.15, 0.2) is 0 Å². The highest BCUT2D eigenvalue weighted by molar-refractivity contribution is 7.89. The first-order chi connectivity index (χ1) is 9.98. The van der Waals surface area contributed by atoms with Crippen molar-refractivity contribution >= 4 is 21.6 Å². The van der Waals surface area contributed by atoms with E-state index in [9.17, 15) is 8.42 Å². The third-order valence-corrected chi connectivity index (χ3v) is 5.82. The summed E-state index contributed by atoms with van der Waals surface area (Å²) in [5.74, 6) is 6.05. The SMILES string of the molecule is CCN(CC1CC1)S(=O)(=O)c1ccc(C#CCN)cc1Cl. The summed E-state index contributed by atoms with van der Waals surface area (Å²) in [4.78, 5) is 0.143. The molecule has 1 saturated carbocycles. The Balaban J connectivity index is 2.30. The molecule has 21 heavy (non-hydrogen) atoms. The summed E-state index contributed by atoms with van der Waals surface area (Å²) < 4.78 is 26.8. The number of rotatable bonds is 5. The number of nitrogens with two attached hydrogens (primary N) is 1. The molecule has 0 amide bonds. The van der Waals surface area contributed by atoms with Crippen molar-refractivity contribution in [1.82, 2.24) is 4.31 Å². The van der Waals surface area contributed by atoms with Crippen molar-refractivity contribution in [3.05, 3.63) is 28.8 Å². The lowest BCUT2D eigenvalue weighted by Crippen LogP contribution is -2.33. The molecule has 0 spiro atoms. The number of hydrogen-bond acceptors (Lipinski definition) is 3. The van der Waals surface area contributed by atoms with Crippen molar-refractivity contribution < 1.29 is 8.42 Å². The lowest BCUT2D eigenvalue weighted by atomic mass is 10.2. The minimum Gasteiger partial charge on any atom is -0.320 e. The number of halogens is 1. The van der Waals surface area contributed by atoms with Crippen molar-refractivity contribution in [3.63, 3.8) is 0 Å². The van der Waals surface area contributed by atoms with Gasteiger partial charge in [0.25, 0.3) is 0 Å². The summed E-state index contributed by atoms with van der Waals surface area (Å²) in [5.41, 5.74) is 5.98.